The number of thiophene rings is 1. The Kier molecular flexibility index (Phi) is 6.43. The van der Waals surface area contributed by atoms with Gasteiger partial charge in [0, 0.05) is 24.7 Å². The molecule has 0 aliphatic carbocycles. The molecule has 0 spiro atoms. The Morgan fingerprint density at radius 1 is 1.00 bits per heavy atom. The predicted molar refractivity (Wildman–Crippen MR) is 144 cm³/mol. The van der Waals surface area contributed by atoms with Gasteiger partial charge < -0.3 is 10.2 Å². The minimum Gasteiger partial charge on any atom is -0.342 e. The summed E-state index contributed by atoms with van der Waals surface area (Å²) in [7, 11) is 0. The van der Waals surface area contributed by atoms with E-state index >= 15 is 0 Å². The quantitative estimate of drug-likeness (QED) is 0.416. The summed E-state index contributed by atoms with van der Waals surface area (Å²) in [4.78, 5) is 33.4. The number of nitrogens with zero attached hydrogens (tertiary/aromatic N) is 3. The molecule has 5 rings (SSSR count). The van der Waals surface area contributed by atoms with Crippen LogP contribution in [0, 0.1) is 26.7 Å². The van der Waals surface area contributed by atoms with Crippen molar-refractivity contribution in [3.8, 4) is 0 Å². The molecule has 1 aliphatic heterocycles. The summed E-state index contributed by atoms with van der Waals surface area (Å²) < 4.78 is 2.47. The van der Waals surface area contributed by atoms with Gasteiger partial charge in [-0.1, -0.05) is 35.9 Å². The number of aryl methyl sites for hydroxylation is 3. The van der Waals surface area contributed by atoms with Gasteiger partial charge in [0.1, 0.15) is 4.70 Å². The molecule has 0 saturated carbocycles. The van der Waals surface area contributed by atoms with Crippen molar-refractivity contribution in [3.63, 3.8) is 0 Å². The van der Waals surface area contributed by atoms with E-state index in [2.05, 4.69) is 47.5 Å². The van der Waals surface area contributed by atoms with Crippen LogP contribution in [0.1, 0.15) is 35.1 Å². The van der Waals surface area contributed by atoms with E-state index in [0.29, 0.717) is 30.3 Å². The van der Waals surface area contributed by atoms with Gasteiger partial charge in [0.25, 0.3) is 5.56 Å². The van der Waals surface area contributed by atoms with Gasteiger partial charge in [-0.3, -0.25) is 14.2 Å². The van der Waals surface area contributed by atoms with Crippen molar-refractivity contribution < 1.29 is 4.79 Å². The van der Waals surface area contributed by atoms with E-state index in [9.17, 15) is 9.59 Å². The second kappa shape index (κ2) is 9.66. The Morgan fingerprint density at radius 2 is 1.69 bits per heavy atom. The highest BCUT2D eigenvalue weighted by Crippen LogP contribution is 2.26. The van der Waals surface area contributed by atoms with E-state index < -0.39 is 0 Å². The lowest BCUT2D eigenvalue weighted by Crippen LogP contribution is -2.41. The van der Waals surface area contributed by atoms with Crippen molar-refractivity contribution >= 4 is 39.1 Å². The fraction of sp³-hybridized carbons (Fsp3) is 0.321. The fourth-order valence-electron chi connectivity index (χ4n) is 4.82. The van der Waals surface area contributed by atoms with Crippen LogP contribution in [0.4, 0.5) is 11.6 Å². The fourth-order valence-corrected chi connectivity index (χ4v) is 5.60. The maximum Gasteiger partial charge on any atom is 0.273 e. The molecule has 1 amide bonds. The zero-order chi connectivity index (χ0) is 24.5. The highest BCUT2D eigenvalue weighted by Gasteiger charge is 2.28. The molecule has 1 aliphatic rings. The molecule has 35 heavy (non-hydrogen) atoms. The lowest BCUT2D eigenvalue weighted by atomic mass is 9.96. The van der Waals surface area contributed by atoms with Crippen molar-refractivity contribution in [1.29, 1.82) is 0 Å². The number of hydrogen-bond donors (Lipinski definition) is 1. The van der Waals surface area contributed by atoms with Crippen LogP contribution in [0.15, 0.2) is 58.7 Å². The summed E-state index contributed by atoms with van der Waals surface area (Å²) in [5.74, 6) is 0.691. The summed E-state index contributed by atoms with van der Waals surface area (Å²) in [6, 6.07) is 16.3. The second-order valence-electron chi connectivity index (χ2n) is 9.55. The Bertz CT molecular complexity index is 1410. The third-order valence-corrected chi connectivity index (χ3v) is 7.54. The monoisotopic (exact) mass is 486 g/mol. The Hall–Kier alpha value is -3.45. The van der Waals surface area contributed by atoms with E-state index in [4.69, 9.17) is 4.98 Å². The van der Waals surface area contributed by atoms with E-state index in [-0.39, 0.29) is 17.4 Å². The molecule has 0 bridgehead atoms. The van der Waals surface area contributed by atoms with Crippen LogP contribution in [0.2, 0.25) is 0 Å². The smallest absolute Gasteiger partial charge is 0.273 e. The number of aromatic nitrogens is 2. The molecule has 1 fully saturated rings. The lowest BCUT2D eigenvalue weighted by Gasteiger charge is -2.33. The molecule has 4 aromatic rings. The average molecular weight is 487 g/mol. The van der Waals surface area contributed by atoms with Crippen LogP contribution < -0.4 is 15.8 Å². The Balaban J connectivity index is 1.36. The van der Waals surface area contributed by atoms with Gasteiger partial charge >= 0.3 is 0 Å². The summed E-state index contributed by atoms with van der Waals surface area (Å²) in [5, 5.41) is 5.02. The van der Waals surface area contributed by atoms with Crippen molar-refractivity contribution in [1.82, 2.24) is 9.55 Å². The topological polar surface area (TPSA) is 67.2 Å². The first-order valence-electron chi connectivity index (χ1n) is 12.0. The van der Waals surface area contributed by atoms with Crippen molar-refractivity contribution in [2.45, 2.75) is 40.2 Å². The number of hydrogen-bond acceptors (Lipinski definition) is 5. The van der Waals surface area contributed by atoms with Gasteiger partial charge in [0.05, 0.1) is 12.1 Å². The molecule has 0 unspecified atom stereocenters. The first kappa shape index (κ1) is 23.3. The summed E-state index contributed by atoms with van der Waals surface area (Å²) in [6.45, 7) is 7.97. The lowest BCUT2D eigenvalue weighted by molar-refractivity contribution is -0.120. The molecule has 2 aromatic heterocycles. The van der Waals surface area contributed by atoms with Gasteiger partial charge in [-0.25, -0.2) is 4.98 Å². The molecular weight excluding hydrogens is 456 g/mol. The second-order valence-corrected chi connectivity index (χ2v) is 10.5. The summed E-state index contributed by atoms with van der Waals surface area (Å²) in [6.07, 6.45) is 1.44. The molecule has 6 nitrogen and oxygen atoms in total. The van der Waals surface area contributed by atoms with Crippen LogP contribution >= 0.6 is 11.3 Å². The van der Waals surface area contributed by atoms with Crippen LogP contribution in [-0.2, 0) is 11.3 Å². The molecule has 0 radical (unpaired) electrons. The molecule has 1 N–H and O–H groups in total. The van der Waals surface area contributed by atoms with E-state index in [1.165, 1.54) is 16.9 Å². The normalized spacial score (nSPS) is 14.4. The average Bonchev–Trinajstić information content (AvgIpc) is 3.30. The van der Waals surface area contributed by atoms with Gasteiger partial charge in [0.2, 0.25) is 11.9 Å². The number of carbonyl (C=O) groups is 1. The molecular formula is C28H30N4O2S. The van der Waals surface area contributed by atoms with Crippen LogP contribution in [0.3, 0.4) is 0 Å². The maximum atomic E-state index is 13.4. The highest BCUT2D eigenvalue weighted by molar-refractivity contribution is 7.17. The van der Waals surface area contributed by atoms with E-state index in [1.54, 1.807) is 4.57 Å². The Labute approximate surface area is 209 Å². The molecule has 3 heterocycles. The SMILES string of the molecule is Cc1ccc(Cn2c(N3CCC(C(=O)Nc4cc(C)cc(C)c4)CC3)nc3ccsc3c2=O)cc1. The summed E-state index contributed by atoms with van der Waals surface area (Å²) >= 11 is 1.44. The van der Waals surface area contributed by atoms with Gasteiger partial charge in [-0.15, -0.1) is 11.3 Å². The number of carbonyl (C=O) groups excluding carboxylic acids is 1. The van der Waals surface area contributed by atoms with Gasteiger partial charge in [-0.2, -0.15) is 0 Å². The first-order chi connectivity index (χ1) is 16.9. The van der Waals surface area contributed by atoms with E-state index in [0.717, 1.165) is 40.7 Å². The summed E-state index contributed by atoms with van der Waals surface area (Å²) in [5.41, 5.74) is 6.12. The van der Waals surface area contributed by atoms with Crippen molar-refractivity contribution in [3.05, 3.63) is 86.5 Å². The molecule has 1 saturated heterocycles. The Morgan fingerprint density at radius 3 is 2.37 bits per heavy atom. The van der Waals surface area contributed by atoms with Crippen molar-refractivity contribution in [2.75, 3.05) is 23.3 Å². The predicted octanol–water partition coefficient (Wildman–Crippen LogP) is 5.29. The number of fused-ring (bicyclic) bond motifs is 1. The molecule has 180 valence electrons. The number of amides is 1. The number of piperidine rings is 1. The van der Waals surface area contributed by atoms with E-state index in [1.807, 2.05) is 37.4 Å². The molecule has 0 atom stereocenters. The standard InChI is InChI=1S/C28H30N4O2S/c1-18-4-6-21(7-5-18)17-32-27(34)25-24(10-13-35-25)30-28(32)31-11-8-22(9-12-31)26(33)29-23-15-19(2)14-20(3)16-23/h4-7,10,13-16,22H,8-9,11-12,17H2,1-3H3,(H,29,33). The maximum absolute atomic E-state index is 13.4. The molecule has 2 aromatic carbocycles. The van der Waals surface area contributed by atoms with Crippen LogP contribution in [0.5, 0.6) is 0 Å². The van der Waals surface area contributed by atoms with Crippen molar-refractivity contribution in [2.24, 2.45) is 5.92 Å². The first-order valence-corrected chi connectivity index (χ1v) is 12.9. The third kappa shape index (κ3) is 5.00. The van der Waals surface area contributed by atoms with Gasteiger partial charge in [-0.05, 0) is 73.9 Å². The third-order valence-electron chi connectivity index (χ3n) is 6.64. The molecule has 7 heteroatoms. The minimum absolute atomic E-state index is 0.00439. The zero-order valence-corrected chi connectivity index (χ0v) is 21.2. The zero-order valence-electron chi connectivity index (χ0n) is 20.4. The number of rotatable bonds is 5. The van der Waals surface area contributed by atoms with Gasteiger partial charge in [0.15, 0.2) is 0 Å². The number of benzene rings is 2. The van der Waals surface area contributed by atoms with Crippen LogP contribution in [-0.4, -0.2) is 28.5 Å². The minimum atomic E-state index is -0.0609. The highest BCUT2D eigenvalue weighted by atomic mass is 32.1. The number of anilines is 2. The largest absolute Gasteiger partial charge is 0.342 e. The number of nitrogens with one attached hydrogen (secondary N) is 1. The van der Waals surface area contributed by atoms with Crippen LogP contribution in [0.25, 0.3) is 10.2 Å².